The van der Waals surface area contributed by atoms with Gasteiger partial charge in [-0.05, 0) is 38.5 Å². The summed E-state index contributed by atoms with van der Waals surface area (Å²) in [6, 6.07) is 6.04. The van der Waals surface area contributed by atoms with Crippen LogP contribution in [-0.4, -0.2) is 47.4 Å². The lowest BCUT2D eigenvalue weighted by atomic mass is 10.2. The second-order valence-electron chi connectivity index (χ2n) is 5.48. The van der Waals surface area contributed by atoms with Crippen molar-refractivity contribution in [3.05, 3.63) is 40.8 Å². The van der Waals surface area contributed by atoms with Crippen LogP contribution < -0.4 is 10.6 Å². The minimum absolute atomic E-state index is 0.0134. The SMILES string of the molecule is CC(Cn1cccn1)NC(=O)NCC(c1cccs1)N(C)C. The van der Waals surface area contributed by atoms with Crippen molar-refractivity contribution in [2.75, 3.05) is 20.6 Å². The lowest BCUT2D eigenvalue weighted by Gasteiger charge is -2.24. The van der Waals surface area contributed by atoms with E-state index in [-0.39, 0.29) is 18.1 Å². The Labute approximate surface area is 135 Å². The molecule has 2 N–H and O–H groups in total. The third-order valence-corrected chi connectivity index (χ3v) is 4.32. The number of likely N-dealkylation sites (N-methyl/N-ethyl adjacent to an activating group) is 1. The number of thiophene rings is 1. The molecular weight excluding hydrogens is 298 g/mol. The smallest absolute Gasteiger partial charge is 0.315 e. The molecule has 6 nitrogen and oxygen atoms in total. The Kier molecular flexibility index (Phi) is 5.97. The number of aromatic nitrogens is 2. The molecule has 0 fully saturated rings. The number of carbonyl (C=O) groups is 1. The van der Waals surface area contributed by atoms with E-state index in [9.17, 15) is 4.79 Å². The molecule has 2 atom stereocenters. The third kappa shape index (κ3) is 4.85. The van der Waals surface area contributed by atoms with Gasteiger partial charge in [-0.3, -0.25) is 4.68 Å². The Morgan fingerprint density at radius 2 is 2.27 bits per heavy atom. The van der Waals surface area contributed by atoms with Gasteiger partial charge < -0.3 is 15.5 Å². The van der Waals surface area contributed by atoms with Gasteiger partial charge in [0.15, 0.2) is 0 Å². The number of nitrogens with zero attached hydrogens (tertiary/aromatic N) is 3. The van der Waals surface area contributed by atoms with E-state index < -0.39 is 0 Å². The predicted molar refractivity (Wildman–Crippen MR) is 89.0 cm³/mol. The highest BCUT2D eigenvalue weighted by Gasteiger charge is 2.16. The van der Waals surface area contributed by atoms with Crippen molar-refractivity contribution in [2.24, 2.45) is 0 Å². The first-order chi connectivity index (χ1) is 10.6. The van der Waals surface area contributed by atoms with Crippen molar-refractivity contribution in [1.29, 1.82) is 0 Å². The van der Waals surface area contributed by atoms with E-state index in [0.29, 0.717) is 13.1 Å². The summed E-state index contributed by atoms with van der Waals surface area (Å²) in [5, 5.41) is 12.1. The van der Waals surface area contributed by atoms with E-state index in [1.807, 2.05) is 39.3 Å². The van der Waals surface area contributed by atoms with E-state index in [2.05, 4.69) is 32.1 Å². The molecular formula is C15H23N5OS. The highest BCUT2D eigenvalue weighted by atomic mass is 32.1. The van der Waals surface area contributed by atoms with Crippen LogP contribution in [0.15, 0.2) is 36.0 Å². The molecule has 2 aromatic rings. The number of hydrogen-bond acceptors (Lipinski definition) is 4. The molecule has 0 saturated heterocycles. The maximum atomic E-state index is 12.0. The second kappa shape index (κ2) is 7.95. The molecule has 2 unspecified atom stereocenters. The largest absolute Gasteiger partial charge is 0.336 e. The van der Waals surface area contributed by atoms with Crippen LogP contribution in [0.4, 0.5) is 4.79 Å². The van der Waals surface area contributed by atoms with Gasteiger partial charge in [0, 0.05) is 29.9 Å². The molecule has 2 aromatic heterocycles. The van der Waals surface area contributed by atoms with Crippen molar-refractivity contribution in [3.8, 4) is 0 Å². The summed E-state index contributed by atoms with van der Waals surface area (Å²) in [7, 11) is 4.04. The van der Waals surface area contributed by atoms with Gasteiger partial charge in [0.2, 0.25) is 0 Å². The highest BCUT2D eigenvalue weighted by molar-refractivity contribution is 7.10. The number of amides is 2. The van der Waals surface area contributed by atoms with Crippen LogP contribution in [0.25, 0.3) is 0 Å². The van der Waals surface area contributed by atoms with Gasteiger partial charge in [0.05, 0.1) is 12.6 Å². The number of nitrogens with one attached hydrogen (secondary N) is 2. The van der Waals surface area contributed by atoms with Gasteiger partial charge >= 0.3 is 6.03 Å². The summed E-state index contributed by atoms with van der Waals surface area (Å²) < 4.78 is 1.80. The molecule has 2 amide bonds. The minimum atomic E-state index is -0.150. The molecule has 0 radical (unpaired) electrons. The number of rotatable bonds is 7. The molecule has 2 rings (SSSR count). The Morgan fingerprint density at radius 3 is 2.86 bits per heavy atom. The van der Waals surface area contributed by atoms with Crippen molar-refractivity contribution >= 4 is 17.4 Å². The summed E-state index contributed by atoms with van der Waals surface area (Å²) in [4.78, 5) is 15.4. The van der Waals surface area contributed by atoms with Gasteiger partial charge in [-0.15, -0.1) is 11.3 Å². The summed E-state index contributed by atoms with van der Waals surface area (Å²) in [5.41, 5.74) is 0. The van der Waals surface area contributed by atoms with Crippen LogP contribution in [0.2, 0.25) is 0 Å². The van der Waals surface area contributed by atoms with Crippen LogP contribution >= 0.6 is 11.3 Å². The second-order valence-corrected chi connectivity index (χ2v) is 6.46. The van der Waals surface area contributed by atoms with E-state index in [0.717, 1.165) is 0 Å². The van der Waals surface area contributed by atoms with Crippen LogP contribution in [0.1, 0.15) is 17.8 Å². The molecule has 120 valence electrons. The average molecular weight is 321 g/mol. The van der Waals surface area contributed by atoms with Crippen molar-refractivity contribution in [1.82, 2.24) is 25.3 Å². The zero-order chi connectivity index (χ0) is 15.9. The van der Waals surface area contributed by atoms with Crippen molar-refractivity contribution < 1.29 is 4.79 Å². The van der Waals surface area contributed by atoms with Gasteiger partial charge in [0.25, 0.3) is 0 Å². The number of urea groups is 1. The summed E-state index contributed by atoms with van der Waals surface area (Å²) in [6.45, 7) is 3.19. The van der Waals surface area contributed by atoms with Crippen LogP contribution in [0.5, 0.6) is 0 Å². The Hall–Kier alpha value is -1.86. The molecule has 2 heterocycles. The summed E-state index contributed by atoms with van der Waals surface area (Å²) in [5.74, 6) is 0. The number of hydrogen-bond donors (Lipinski definition) is 2. The van der Waals surface area contributed by atoms with Crippen LogP contribution in [0, 0.1) is 0 Å². The lowest BCUT2D eigenvalue weighted by Crippen LogP contribution is -2.45. The zero-order valence-electron chi connectivity index (χ0n) is 13.2. The topological polar surface area (TPSA) is 62.2 Å². The van der Waals surface area contributed by atoms with Gasteiger partial charge in [0.1, 0.15) is 0 Å². The average Bonchev–Trinajstić information content (AvgIpc) is 3.11. The predicted octanol–water partition coefficient (Wildman–Crippen LogP) is 1.94. The number of carbonyl (C=O) groups excluding carboxylic acids is 1. The van der Waals surface area contributed by atoms with Crippen molar-refractivity contribution in [3.63, 3.8) is 0 Å². The minimum Gasteiger partial charge on any atom is -0.336 e. The van der Waals surface area contributed by atoms with Gasteiger partial charge in [-0.2, -0.15) is 5.10 Å². The zero-order valence-corrected chi connectivity index (χ0v) is 14.0. The molecule has 0 aromatic carbocycles. The molecule has 0 aliphatic rings. The highest BCUT2D eigenvalue weighted by Crippen LogP contribution is 2.22. The summed E-state index contributed by atoms with van der Waals surface area (Å²) >= 11 is 1.70. The Bertz CT molecular complexity index is 553. The Morgan fingerprint density at radius 1 is 1.45 bits per heavy atom. The Balaban J connectivity index is 1.78. The molecule has 0 bridgehead atoms. The van der Waals surface area contributed by atoms with E-state index in [1.54, 1.807) is 22.2 Å². The first kappa shape index (κ1) is 16.5. The molecule has 0 aliphatic carbocycles. The fourth-order valence-corrected chi connectivity index (χ4v) is 3.14. The third-order valence-electron chi connectivity index (χ3n) is 3.35. The van der Waals surface area contributed by atoms with E-state index >= 15 is 0 Å². The molecule has 7 heteroatoms. The monoisotopic (exact) mass is 321 g/mol. The fraction of sp³-hybridized carbons (Fsp3) is 0.467. The van der Waals surface area contributed by atoms with Crippen molar-refractivity contribution in [2.45, 2.75) is 25.6 Å². The lowest BCUT2D eigenvalue weighted by molar-refractivity contribution is 0.229. The van der Waals surface area contributed by atoms with Crippen LogP contribution in [-0.2, 0) is 6.54 Å². The first-order valence-corrected chi connectivity index (χ1v) is 8.16. The molecule has 0 saturated carbocycles. The van der Waals surface area contributed by atoms with Gasteiger partial charge in [-0.1, -0.05) is 6.07 Å². The molecule has 0 spiro atoms. The standard InChI is InChI=1S/C15H23N5OS/c1-12(11-20-8-5-7-17-20)18-15(21)16-10-13(19(2)3)14-6-4-9-22-14/h4-9,12-13H,10-11H2,1-3H3,(H2,16,18,21). The van der Waals surface area contributed by atoms with E-state index in [4.69, 9.17) is 0 Å². The normalized spacial score (nSPS) is 13.8. The van der Waals surface area contributed by atoms with Gasteiger partial charge in [-0.25, -0.2) is 4.79 Å². The maximum absolute atomic E-state index is 12.0. The summed E-state index contributed by atoms with van der Waals surface area (Å²) in [6.07, 6.45) is 3.62. The quantitative estimate of drug-likeness (QED) is 0.819. The first-order valence-electron chi connectivity index (χ1n) is 7.28. The molecule has 22 heavy (non-hydrogen) atoms. The van der Waals surface area contributed by atoms with E-state index in [1.165, 1.54) is 4.88 Å². The molecule has 0 aliphatic heterocycles. The maximum Gasteiger partial charge on any atom is 0.315 e. The van der Waals surface area contributed by atoms with Crippen LogP contribution in [0.3, 0.4) is 0 Å². The fourth-order valence-electron chi connectivity index (χ4n) is 2.22.